The largest absolute Gasteiger partial charge is 0.457 e. The van der Waals surface area contributed by atoms with Gasteiger partial charge in [0.05, 0.1) is 12.2 Å². The summed E-state index contributed by atoms with van der Waals surface area (Å²) in [6.07, 6.45) is -4.42. The number of rotatable bonds is 6. The first-order chi connectivity index (χ1) is 18.3. The number of nitrogens with two attached hydrogens (primary N) is 1. The molecule has 0 amide bonds. The maximum absolute atomic E-state index is 13.1. The van der Waals surface area contributed by atoms with Gasteiger partial charge in [-0.2, -0.15) is 13.2 Å². The van der Waals surface area contributed by atoms with Gasteiger partial charge in [0, 0.05) is 53.1 Å². The summed E-state index contributed by atoms with van der Waals surface area (Å²) < 4.78 is 45.8. The quantitative estimate of drug-likeness (QED) is 0.228. The van der Waals surface area contributed by atoms with Crippen LogP contribution in [0, 0.1) is 0 Å². The number of ether oxygens (including phenoxy) is 1. The molecule has 1 aliphatic rings. The van der Waals surface area contributed by atoms with Crippen molar-refractivity contribution < 1.29 is 23.0 Å². The first kappa shape index (κ1) is 25.7. The van der Waals surface area contributed by atoms with Crippen molar-refractivity contribution in [3.63, 3.8) is 0 Å². The highest BCUT2D eigenvalue weighted by Gasteiger charge is 2.34. The maximum atomic E-state index is 13.1. The van der Waals surface area contributed by atoms with E-state index in [1.807, 2.05) is 42.5 Å². The van der Waals surface area contributed by atoms with Gasteiger partial charge >= 0.3 is 6.18 Å². The Hall–Kier alpha value is -3.97. The van der Waals surface area contributed by atoms with Crippen LogP contribution in [0.2, 0.25) is 0 Å². The number of anilines is 2. The molecule has 0 fully saturated rings. The summed E-state index contributed by atoms with van der Waals surface area (Å²) in [6.45, 7) is 5.76. The zero-order chi connectivity index (χ0) is 27.0. The summed E-state index contributed by atoms with van der Waals surface area (Å²) in [5.41, 5.74) is 12.0. The molecule has 7 heteroatoms. The van der Waals surface area contributed by atoms with Gasteiger partial charge in [0.25, 0.3) is 0 Å². The number of halogens is 3. The predicted octanol–water partition coefficient (Wildman–Crippen LogP) is 7.58. The van der Waals surface area contributed by atoms with Crippen molar-refractivity contribution in [3.8, 4) is 22.6 Å². The minimum atomic E-state index is -4.42. The molecule has 38 heavy (non-hydrogen) atoms. The first-order valence-corrected chi connectivity index (χ1v) is 12.6. The second kappa shape index (κ2) is 10.1. The van der Waals surface area contributed by atoms with Gasteiger partial charge in [-0.05, 0) is 60.9 Å². The molecule has 1 heterocycles. The Morgan fingerprint density at radius 2 is 1.58 bits per heavy atom. The average Bonchev–Trinajstić information content (AvgIpc) is 2.92. The molecule has 196 valence electrons. The highest BCUT2D eigenvalue weighted by molar-refractivity contribution is 5.83. The molecule has 5 rings (SSSR count). The SMILES string of the molecule is CCN(CC)c1ccc2c(c1)Oc1ccc(-c3ccc(C(F)(F)F)cc3)c(N)c1C2c1ccccc1CO. The summed E-state index contributed by atoms with van der Waals surface area (Å²) in [6, 6.07) is 22.4. The van der Waals surface area contributed by atoms with Crippen LogP contribution in [0.25, 0.3) is 11.1 Å². The third kappa shape index (κ3) is 4.47. The number of benzene rings is 4. The molecule has 4 aromatic rings. The van der Waals surface area contributed by atoms with Crippen LogP contribution in [0.3, 0.4) is 0 Å². The van der Waals surface area contributed by atoms with E-state index in [0.717, 1.165) is 53.2 Å². The van der Waals surface area contributed by atoms with E-state index in [1.165, 1.54) is 12.1 Å². The van der Waals surface area contributed by atoms with Crippen LogP contribution in [-0.4, -0.2) is 18.2 Å². The van der Waals surface area contributed by atoms with E-state index in [9.17, 15) is 18.3 Å². The second-order valence-electron chi connectivity index (χ2n) is 9.30. The van der Waals surface area contributed by atoms with Crippen molar-refractivity contribution in [3.05, 3.63) is 107 Å². The third-order valence-corrected chi connectivity index (χ3v) is 7.25. The normalized spacial score (nSPS) is 14.4. The third-order valence-electron chi connectivity index (χ3n) is 7.25. The fourth-order valence-electron chi connectivity index (χ4n) is 5.29. The molecule has 0 bridgehead atoms. The van der Waals surface area contributed by atoms with Crippen LogP contribution >= 0.6 is 0 Å². The van der Waals surface area contributed by atoms with Crippen LogP contribution in [-0.2, 0) is 12.8 Å². The summed E-state index contributed by atoms with van der Waals surface area (Å²) in [4.78, 5) is 2.23. The molecule has 0 spiro atoms. The van der Waals surface area contributed by atoms with Crippen molar-refractivity contribution in [1.29, 1.82) is 0 Å². The number of aliphatic hydroxyl groups excluding tert-OH is 1. The van der Waals surface area contributed by atoms with Crippen molar-refractivity contribution >= 4 is 11.4 Å². The number of hydrogen-bond donors (Lipinski definition) is 2. The van der Waals surface area contributed by atoms with Crippen LogP contribution in [0.4, 0.5) is 24.5 Å². The first-order valence-electron chi connectivity index (χ1n) is 12.6. The smallest absolute Gasteiger partial charge is 0.416 e. The Morgan fingerprint density at radius 1 is 0.868 bits per heavy atom. The van der Waals surface area contributed by atoms with E-state index in [4.69, 9.17) is 10.5 Å². The van der Waals surface area contributed by atoms with E-state index in [2.05, 4.69) is 24.8 Å². The number of hydrogen-bond acceptors (Lipinski definition) is 4. The predicted molar refractivity (Wildman–Crippen MR) is 145 cm³/mol. The summed E-state index contributed by atoms with van der Waals surface area (Å²) in [7, 11) is 0. The molecular weight excluding hydrogens is 489 g/mol. The minimum absolute atomic E-state index is 0.145. The summed E-state index contributed by atoms with van der Waals surface area (Å²) >= 11 is 0. The van der Waals surface area contributed by atoms with Crippen molar-refractivity contribution in [2.75, 3.05) is 23.7 Å². The van der Waals surface area contributed by atoms with Crippen LogP contribution in [0.15, 0.2) is 78.9 Å². The lowest BCUT2D eigenvalue weighted by molar-refractivity contribution is -0.137. The molecule has 0 saturated carbocycles. The molecule has 0 aromatic heterocycles. The Balaban J connectivity index is 1.70. The monoisotopic (exact) mass is 518 g/mol. The van der Waals surface area contributed by atoms with Crippen LogP contribution in [0.1, 0.15) is 47.6 Å². The van der Waals surface area contributed by atoms with E-state index in [-0.39, 0.29) is 12.5 Å². The molecule has 1 unspecified atom stereocenters. The molecule has 4 nitrogen and oxygen atoms in total. The molecule has 4 aromatic carbocycles. The van der Waals surface area contributed by atoms with Crippen LogP contribution in [0.5, 0.6) is 11.5 Å². The van der Waals surface area contributed by atoms with Gasteiger partial charge in [-0.15, -0.1) is 0 Å². The zero-order valence-corrected chi connectivity index (χ0v) is 21.2. The second-order valence-corrected chi connectivity index (χ2v) is 9.30. The summed E-state index contributed by atoms with van der Waals surface area (Å²) in [5.74, 6) is 0.957. The lowest BCUT2D eigenvalue weighted by atomic mass is 9.78. The van der Waals surface area contributed by atoms with Gasteiger partial charge in [0.1, 0.15) is 11.5 Å². The lowest BCUT2D eigenvalue weighted by Crippen LogP contribution is -2.22. The fraction of sp³-hybridized carbons (Fsp3) is 0.226. The van der Waals surface area contributed by atoms with Crippen molar-refractivity contribution in [1.82, 2.24) is 0 Å². The van der Waals surface area contributed by atoms with Crippen LogP contribution < -0.4 is 15.4 Å². The molecule has 3 N–H and O–H groups in total. The Labute approximate surface area is 220 Å². The Bertz CT molecular complexity index is 1460. The fourth-order valence-corrected chi connectivity index (χ4v) is 5.29. The Kier molecular flexibility index (Phi) is 6.80. The maximum Gasteiger partial charge on any atom is 0.416 e. The van der Waals surface area contributed by atoms with E-state index in [0.29, 0.717) is 28.3 Å². The highest BCUT2D eigenvalue weighted by atomic mass is 19.4. The molecule has 1 atom stereocenters. The van der Waals surface area contributed by atoms with Gasteiger partial charge < -0.3 is 20.5 Å². The average molecular weight is 519 g/mol. The van der Waals surface area contributed by atoms with E-state index >= 15 is 0 Å². The number of nitrogens with zero attached hydrogens (tertiary/aromatic N) is 1. The minimum Gasteiger partial charge on any atom is -0.457 e. The zero-order valence-electron chi connectivity index (χ0n) is 21.2. The highest BCUT2D eigenvalue weighted by Crippen LogP contribution is 2.53. The molecule has 0 aliphatic carbocycles. The molecular formula is C31H29F3N2O2. The van der Waals surface area contributed by atoms with Crippen molar-refractivity contribution in [2.24, 2.45) is 0 Å². The number of alkyl halides is 3. The van der Waals surface area contributed by atoms with Gasteiger partial charge in [0.15, 0.2) is 0 Å². The van der Waals surface area contributed by atoms with Crippen molar-refractivity contribution in [2.45, 2.75) is 32.5 Å². The van der Waals surface area contributed by atoms with E-state index < -0.39 is 11.7 Å². The number of nitrogen functional groups attached to an aromatic ring is 1. The van der Waals surface area contributed by atoms with Gasteiger partial charge in [-0.1, -0.05) is 42.5 Å². The van der Waals surface area contributed by atoms with Gasteiger partial charge in [-0.3, -0.25) is 0 Å². The van der Waals surface area contributed by atoms with Gasteiger partial charge in [0.2, 0.25) is 0 Å². The standard InChI is InChI=1S/C31H29F3N2O2/c1-3-36(4-2)22-13-14-25-27(17-22)38-26-16-15-24(19-9-11-21(12-10-19)31(32,33)34)30(35)29(26)28(25)23-8-6-5-7-20(23)18-37/h5-17,28,37H,3-4,18,35H2,1-2H3. The molecule has 1 aliphatic heterocycles. The Morgan fingerprint density at radius 3 is 2.24 bits per heavy atom. The van der Waals surface area contributed by atoms with E-state index in [1.54, 1.807) is 6.07 Å². The molecule has 0 saturated heterocycles. The van der Waals surface area contributed by atoms with Gasteiger partial charge in [-0.25, -0.2) is 0 Å². The topological polar surface area (TPSA) is 58.7 Å². The molecule has 0 radical (unpaired) electrons. The lowest BCUT2D eigenvalue weighted by Gasteiger charge is -2.33. The number of aliphatic hydroxyl groups is 1. The summed E-state index contributed by atoms with van der Waals surface area (Å²) in [5, 5.41) is 10.2. The number of fused-ring (bicyclic) bond motifs is 2.